The van der Waals surface area contributed by atoms with Gasteiger partial charge in [-0.05, 0) is 55.8 Å². The van der Waals surface area contributed by atoms with Crippen LogP contribution in [0, 0.1) is 28.6 Å². The van der Waals surface area contributed by atoms with E-state index in [1.807, 2.05) is 0 Å². The number of hydrogen-bond acceptors (Lipinski definition) is 6. The standard InChI is InChI=1S/C21H34O6/c1-3-17(25)27-16-10-26-19-18-14(5-7-21(16,19)11-22)20(2)6-4-13(23)8-12(20)9-15(18)24/h12-16,18-19,22-24H,3-11H2,1-2H3/t12?,13-,14?,15-,16-,18?,19?,20-,21-/m0/s1. The van der Waals surface area contributed by atoms with Gasteiger partial charge in [-0.25, -0.2) is 0 Å². The number of carbonyl (C=O) groups is 1. The summed E-state index contributed by atoms with van der Waals surface area (Å²) < 4.78 is 11.8. The Morgan fingerprint density at radius 1 is 1.22 bits per heavy atom. The molecular formula is C21H34O6. The number of esters is 1. The lowest BCUT2D eigenvalue weighted by atomic mass is 9.45. The molecule has 4 fully saturated rings. The lowest BCUT2D eigenvalue weighted by Gasteiger charge is -2.61. The molecular weight excluding hydrogens is 348 g/mol. The molecule has 1 heterocycles. The zero-order valence-electron chi connectivity index (χ0n) is 16.5. The van der Waals surface area contributed by atoms with Crippen molar-refractivity contribution in [2.24, 2.45) is 28.6 Å². The molecule has 6 heteroatoms. The van der Waals surface area contributed by atoms with Crippen molar-refractivity contribution < 1.29 is 29.6 Å². The predicted molar refractivity (Wildman–Crippen MR) is 97.7 cm³/mol. The first-order chi connectivity index (χ1) is 12.9. The van der Waals surface area contributed by atoms with Crippen LogP contribution in [0.1, 0.15) is 58.8 Å². The fourth-order valence-corrected chi connectivity index (χ4v) is 6.93. The van der Waals surface area contributed by atoms with Crippen LogP contribution in [-0.2, 0) is 14.3 Å². The quantitative estimate of drug-likeness (QED) is 0.642. The minimum absolute atomic E-state index is 0.0484. The molecule has 3 N–H and O–H groups in total. The molecule has 9 atom stereocenters. The molecule has 0 aromatic carbocycles. The van der Waals surface area contributed by atoms with Crippen molar-refractivity contribution >= 4 is 5.97 Å². The molecule has 154 valence electrons. The number of rotatable bonds is 3. The molecule has 1 saturated heterocycles. The van der Waals surface area contributed by atoms with Gasteiger partial charge >= 0.3 is 5.97 Å². The number of hydrogen-bond donors (Lipinski definition) is 3. The molecule has 0 aromatic rings. The van der Waals surface area contributed by atoms with Crippen LogP contribution < -0.4 is 0 Å². The van der Waals surface area contributed by atoms with Gasteiger partial charge in [0.2, 0.25) is 0 Å². The lowest BCUT2D eigenvalue weighted by molar-refractivity contribution is -0.202. The third-order valence-corrected chi connectivity index (χ3v) is 8.55. The Hall–Kier alpha value is -0.690. The van der Waals surface area contributed by atoms with Gasteiger partial charge < -0.3 is 24.8 Å². The molecule has 4 unspecified atom stereocenters. The number of fused-ring (bicyclic) bond motifs is 5. The summed E-state index contributed by atoms with van der Waals surface area (Å²) in [5, 5.41) is 31.5. The first-order valence-corrected chi connectivity index (χ1v) is 10.6. The predicted octanol–water partition coefficient (Wildman–Crippen LogP) is 1.64. The second kappa shape index (κ2) is 6.97. The SMILES string of the molecule is CCC(=O)O[C@H]1COC2C3C(CC[C@@]21CO)[C@@]1(C)CC[C@H](O)CC1C[C@@H]3O. The Labute approximate surface area is 161 Å². The Morgan fingerprint density at radius 3 is 2.70 bits per heavy atom. The van der Waals surface area contributed by atoms with Gasteiger partial charge in [-0.1, -0.05) is 13.8 Å². The normalized spacial score (nSPS) is 51.8. The van der Waals surface area contributed by atoms with E-state index < -0.39 is 17.6 Å². The summed E-state index contributed by atoms with van der Waals surface area (Å²) in [6.07, 6.45) is 3.70. The number of aliphatic hydroxyl groups is 3. The van der Waals surface area contributed by atoms with Gasteiger partial charge in [-0.3, -0.25) is 4.79 Å². The molecule has 1 aliphatic heterocycles. The highest BCUT2D eigenvalue weighted by Gasteiger charge is 2.65. The molecule has 0 spiro atoms. The van der Waals surface area contributed by atoms with E-state index in [2.05, 4.69) is 6.92 Å². The van der Waals surface area contributed by atoms with Crippen LogP contribution >= 0.6 is 0 Å². The maximum atomic E-state index is 11.9. The Kier molecular flexibility index (Phi) is 5.07. The highest BCUT2D eigenvalue weighted by molar-refractivity contribution is 5.69. The molecule has 0 bridgehead atoms. The van der Waals surface area contributed by atoms with Crippen LogP contribution in [0.3, 0.4) is 0 Å². The monoisotopic (exact) mass is 382 g/mol. The van der Waals surface area contributed by atoms with Gasteiger partial charge in [0.1, 0.15) is 6.10 Å². The third-order valence-electron chi connectivity index (χ3n) is 8.55. The van der Waals surface area contributed by atoms with Crippen molar-refractivity contribution in [3.8, 4) is 0 Å². The topological polar surface area (TPSA) is 96.2 Å². The Balaban J connectivity index is 1.62. The summed E-state index contributed by atoms with van der Waals surface area (Å²) >= 11 is 0. The molecule has 4 rings (SSSR count). The van der Waals surface area contributed by atoms with Gasteiger partial charge in [0, 0.05) is 12.3 Å². The van der Waals surface area contributed by atoms with Crippen molar-refractivity contribution in [1.29, 1.82) is 0 Å². The molecule has 3 saturated carbocycles. The van der Waals surface area contributed by atoms with Crippen molar-refractivity contribution in [3.63, 3.8) is 0 Å². The molecule has 4 aliphatic rings. The molecule has 6 nitrogen and oxygen atoms in total. The first-order valence-electron chi connectivity index (χ1n) is 10.6. The first kappa shape index (κ1) is 19.6. The minimum Gasteiger partial charge on any atom is -0.459 e. The smallest absolute Gasteiger partial charge is 0.305 e. The third kappa shape index (κ3) is 2.86. The van der Waals surface area contributed by atoms with E-state index in [0.29, 0.717) is 31.3 Å². The van der Waals surface area contributed by atoms with E-state index in [-0.39, 0.29) is 36.1 Å². The highest BCUT2D eigenvalue weighted by atomic mass is 16.6. The Morgan fingerprint density at radius 2 is 2.00 bits per heavy atom. The van der Waals surface area contributed by atoms with Gasteiger partial charge in [-0.15, -0.1) is 0 Å². The summed E-state index contributed by atoms with van der Waals surface area (Å²) in [6, 6.07) is 0. The van der Waals surface area contributed by atoms with Crippen LogP contribution in [0.4, 0.5) is 0 Å². The van der Waals surface area contributed by atoms with E-state index in [0.717, 1.165) is 32.1 Å². The highest BCUT2D eigenvalue weighted by Crippen LogP contribution is 2.63. The van der Waals surface area contributed by atoms with E-state index in [9.17, 15) is 20.1 Å². The summed E-state index contributed by atoms with van der Waals surface area (Å²) in [7, 11) is 0. The van der Waals surface area contributed by atoms with E-state index >= 15 is 0 Å². The van der Waals surface area contributed by atoms with Crippen molar-refractivity contribution in [2.45, 2.75) is 83.2 Å². The molecule has 0 amide bonds. The average molecular weight is 382 g/mol. The van der Waals surface area contributed by atoms with E-state index in [4.69, 9.17) is 9.47 Å². The summed E-state index contributed by atoms with van der Waals surface area (Å²) in [6.45, 7) is 4.30. The van der Waals surface area contributed by atoms with Gasteiger partial charge in [0.25, 0.3) is 0 Å². The van der Waals surface area contributed by atoms with Crippen molar-refractivity contribution in [1.82, 2.24) is 0 Å². The molecule has 3 aliphatic carbocycles. The summed E-state index contributed by atoms with van der Waals surface area (Å²) in [5.74, 6) is 0.322. The Bertz CT molecular complexity index is 581. The lowest BCUT2D eigenvalue weighted by Crippen LogP contribution is -2.62. The van der Waals surface area contributed by atoms with Crippen LogP contribution in [-0.4, -0.2) is 58.9 Å². The van der Waals surface area contributed by atoms with E-state index in [1.54, 1.807) is 6.92 Å². The fraction of sp³-hybridized carbons (Fsp3) is 0.952. The molecule has 0 radical (unpaired) electrons. The van der Waals surface area contributed by atoms with Crippen molar-refractivity contribution in [3.05, 3.63) is 0 Å². The second-order valence-electron chi connectivity index (χ2n) is 9.63. The molecule has 27 heavy (non-hydrogen) atoms. The summed E-state index contributed by atoms with van der Waals surface area (Å²) in [5.41, 5.74) is -0.517. The zero-order chi connectivity index (χ0) is 19.4. The van der Waals surface area contributed by atoms with Crippen LogP contribution in [0.25, 0.3) is 0 Å². The fourth-order valence-electron chi connectivity index (χ4n) is 6.93. The van der Waals surface area contributed by atoms with Crippen LogP contribution in [0.2, 0.25) is 0 Å². The largest absolute Gasteiger partial charge is 0.459 e. The minimum atomic E-state index is -0.607. The van der Waals surface area contributed by atoms with Crippen LogP contribution in [0.5, 0.6) is 0 Å². The maximum absolute atomic E-state index is 11.9. The average Bonchev–Trinajstić information content (AvgIpc) is 3.02. The van der Waals surface area contributed by atoms with Crippen molar-refractivity contribution in [2.75, 3.05) is 13.2 Å². The second-order valence-corrected chi connectivity index (χ2v) is 9.63. The summed E-state index contributed by atoms with van der Waals surface area (Å²) in [4.78, 5) is 11.9. The maximum Gasteiger partial charge on any atom is 0.305 e. The number of carbonyl (C=O) groups excluding carboxylic acids is 1. The van der Waals surface area contributed by atoms with Gasteiger partial charge in [-0.2, -0.15) is 0 Å². The number of ether oxygens (including phenoxy) is 2. The zero-order valence-corrected chi connectivity index (χ0v) is 16.5. The van der Waals surface area contributed by atoms with Gasteiger partial charge in [0.05, 0.1) is 36.9 Å². The van der Waals surface area contributed by atoms with E-state index in [1.165, 1.54) is 0 Å². The molecule has 0 aromatic heterocycles. The van der Waals surface area contributed by atoms with Crippen LogP contribution in [0.15, 0.2) is 0 Å². The van der Waals surface area contributed by atoms with Gasteiger partial charge in [0.15, 0.2) is 0 Å². The number of aliphatic hydroxyl groups excluding tert-OH is 3.